The maximum atomic E-state index is 13.0. The van der Waals surface area contributed by atoms with Gasteiger partial charge in [-0.3, -0.25) is 19.7 Å². The third-order valence-electron chi connectivity index (χ3n) is 10.1. The zero-order valence-electron chi connectivity index (χ0n) is 18.1. The molecule has 3 saturated carbocycles. The summed E-state index contributed by atoms with van der Waals surface area (Å²) in [6.45, 7) is 8.84. The summed E-state index contributed by atoms with van der Waals surface area (Å²) in [4.78, 5) is 38.3. The summed E-state index contributed by atoms with van der Waals surface area (Å²) in [7, 11) is 0. The van der Waals surface area contributed by atoms with Crippen molar-refractivity contribution in [3.05, 3.63) is 11.6 Å². The molecule has 29 heavy (non-hydrogen) atoms. The van der Waals surface area contributed by atoms with Crippen molar-refractivity contribution in [2.75, 3.05) is 0 Å². The van der Waals surface area contributed by atoms with E-state index in [0.717, 1.165) is 38.5 Å². The Kier molecular flexibility index (Phi) is 3.82. The smallest absolute Gasteiger partial charge is 0.231 e. The number of hydrogen-bond acceptors (Lipinski definition) is 3. The molecule has 1 spiro atoms. The first-order valence-corrected chi connectivity index (χ1v) is 11.4. The second kappa shape index (κ2) is 5.73. The molecule has 6 rings (SSSR count). The van der Waals surface area contributed by atoms with E-state index in [4.69, 9.17) is 5.73 Å². The molecule has 4 fully saturated rings. The first-order valence-electron chi connectivity index (χ1n) is 11.4. The van der Waals surface area contributed by atoms with Crippen LogP contribution in [0, 0.1) is 51.8 Å². The average Bonchev–Trinajstić information content (AvgIpc) is 2.97. The monoisotopic (exact) mass is 398 g/mol. The van der Waals surface area contributed by atoms with E-state index >= 15 is 0 Å². The summed E-state index contributed by atoms with van der Waals surface area (Å²) in [5, 5.41) is 2.68. The van der Waals surface area contributed by atoms with Gasteiger partial charge in [0, 0.05) is 10.8 Å². The molecule has 1 heterocycles. The Labute approximate surface area is 173 Å². The Morgan fingerprint density at radius 2 is 1.86 bits per heavy atom. The van der Waals surface area contributed by atoms with Crippen LogP contribution in [0.3, 0.4) is 0 Å². The molecule has 3 amide bonds. The Morgan fingerprint density at radius 1 is 1.14 bits per heavy atom. The van der Waals surface area contributed by atoms with Crippen molar-refractivity contribution >= 4 is 17.7 Å². The molecule has 5 heteroatoms. The highest BCUT2D eigenvalue weighted by atomic mass is 16.2. The van der Waals surface area contributed by atoms with Crippen LogP contribution in [0.4, 0.5) is 0 Å². The van der Waals surface area contributed by atoms with Crippen molar-refractivity contribution in [1.29, 1.82) is 0 Å². The van der Waals surface area contributed by atoms with E-state index in [9.17, 15) is 14.4 Å². The lowest BCUT2D eigenvalue weighted by Gasteiger charge is -2.68. The molecule has 0 aromatic rings. The maximum Gasteiger partial charge on any atom is 0.231 e. The lowest BCUT2D eigenvalue weighted by atomic mass is 9.34. The van der Waals surface area contributed by atoms with Gasteiger partial charge in [-0.2, -0.15) is 0 Å². The molecule has 2 bridgehead atoms. The van der Waals surface area contributed by atoms with Gasteiger partial charge in [0.1, 0.15) is 0 Å². The second-order valence-electron chi connectivity index (χ2n) is 11.4. The van der Waals surface area contributed by atoms with E-state index in [2.05, 4.69) is 39.1 Å². The van der Waals surface area contributed by atoms with Crippen molar-refractivity contribution < 1.29 is 14.4 Å². The van der Waals surface area contributed by atoms with E-state index in [0.29, 0.717) is 11.8 Å². The van der Waals surface area contributed by atoms with Crippen LogP contribution < -0.4 is 11.1 Å². The van der Waals surface area contributed by atoms with Crippen LogP contribution in [0.15, 0.2) is 11.6 Å². The molecule has 0 aromatic carbocycles. The fraction of sp³-hybridized carbons (Fsp3) is 0.792. The molecule has 1 aliphatic heterocycles. The fourth-order valence-corrected chi connectivity index (χ4v) is 8.93. The van der Waals surface area contributed by atoms with Gasteiger partial charge >= 0.3 is 0 Å². The molecular formula is C24H34N2O3. The summed E-state index contributed by atoms with van der Waals surface area (Å²) in [5.74, 6) is 0.384. The van der Waals surface area contributed by atoms with E-state index in [1.807, 2.05) is 0 Å². The largest absolute Gasteiger partial charge is 0.369 e. The first-order chi connectivity index (χ1) is 13.6. The number of primary amides is 1. The van der Waals surface area contributed by atoms with Crippen LogP contribution in [0.25, 0.3) is 0 Å². The number of allylic oxidation sites excluding steroid dienone is 2. The SMILES string of the molecule is CC(C)C1=CC23CCC4C(C)(C(N)=O)CCCC4(C)C2CC1C1C(=O)NC(=O)C13. The van der Waals surface area contributed by atoms with Gasteiger partial charge in [0.25, 0.3) is 0 Å². The zero-order chi connectivity index (χ0) is 20.9. The van der Waals surface area contributed by atoms with Crippen LogP contribution >= 0.6 is 0 Å². The van der Waals surface area contributed by atoms with Gasteiger partial charge in [-0.1, -0.05) is 45.8 Å². The predicted molar refractivity (Wildman–Crippen MR) is 109 cm³/mol. The number of hydrogen-bond donors (Lipinski definition) is 2. The molecule has 6 aliphatic rings. The van der Waals surface area contributed by atoms with Crippen LogP contribution in [0.5, 0.6) is 0 Å². The van der Waals surface area contributed by atoms with E-state index < -0.39 is 5.41 Å². The summed E-state index contributed by atoms with van der Waals surface area (Å²) < 4.78 is 0. The van der Waals surface area contributed by atoms with Crippen molar-refractivity contribution in [2.45, 2.75) is 66.2 Å². The number of carbonyl (C=O) groups is 3. The highest BCUT2D eigenvalue weighted by Gasteiger charge is 2.71. The minimum absolute atomic E-state index is 0.0194. The number of imide groups is 1. The minimum atomic E-state index is -0.469. The standard InChI is InChI=1S/C24H34N2O3/c1-12(2)14-11-24-9-6-15-22(3,7-5-8-23(15,4)21(25)29)16(24)10-13(14)17-18(24)20(28)26-19(17)27/h11-13,15-18H,5-10H2,1-4H3,(H2,25,29)(H,26,27,28). The predicted octanol–water partition coefficient (Wildman–Crippen LogP) is 3.19. The lowest BCUT2D eigenvalue weighted by Crippen LogP contribution is -2.65. The lowest BCUT2D eigenvalue weighted by molar-refractivity contribution is -0.185. The zero-order valence-corrected chi connectivity index (χ0v) is 18.1. The normalized spacial score (nSPS) is 50.5. The summed E-state index contributed by atoms with van der Waals surface area (Å²) in [6.07, 6.45) is 8.14. The Bertz CT molecular complexity index is 847. The van der Waals surface area contributed by atoms with Gasteiger partial charge in [0.2, 0.25) is 17.7 Å². The molecule has 0 aromatic heterocycles. The molecular weight excluding hydrogens is 364 g/mol. The number of carbonyl (C=O) groups excluding carboxylic acids is 3. The Morgan fingerprint density at radius 3 is 2.52 bits per heavy atom. The third kappa shape index (κ3) is 2.14. The van der Waals surface area contributed by atoms with Gasteiger partial charge < -0.3 is 5.73 Å². The summed E-state index contributed by atoms with van der Waals surface area (Å²) in [5.41, 5.74) is 6.57. The van der Waals surface area contributed by atoms with Gasteiger partial charge in [0.05, 0.1) is 11.8 Å². The van der Waals surface area contributed by atoms with Crippen LogP contribution in [0.1, 0.15) is 66.2 Å². The molecule has 5 aliphatic carbocycles. The van der Waals surface area contributed by atoms with Crippen molar-refractivity contribution in [3.8, 4) is 0 Å². The molecule has 8 atom stereocenters. The van der Waals surface area contributed by atoms with E-state index in [1.165, 1.54) is 5.57 Å². The quantitative estimate of drug-likeness (QED) is 0.553. The fourth-order valence-electron chi connectivity index (χ4n) is 8.93. The Hall–Kier alpha value is -1.65. The van der Waals surface area contributed by atoms with Crippen LogP contribution in [-0.4, -0.2) is 17.7 Å². The van der Waals surface area contributed by atoms with Crippen molar-refractivity contribution in [1.82, 2.24) is 5.32 Å². The number of nitrogens with one attached hydrogen (secondary N) is 1. The number of fused-ring (bicyclic) bond motifs is 1. The summed E-state index contributed by atoms with van der Waals surface area (Å²) in [6, 6.07) is 0. The number of amides is 3. The molecule has 3 N–H and O–H groups in total. The van der Waals surface area contributed by atoms with Gasteiger partial charge in [-0.15, -0.1) is 0 Å². The van der Waals surface area contributed by atoms with E-state index in [1.54, 1.807) is 0 Å². The highest BCUT2D eigenvalue weighted by molar-refractivity contribution is 6.06. The van der Waals surface area contributed by atoms with Crippen molar-refractivity contribution in [2.24, 2.45) is 57.5 Å². The molecule has 1 saturated heterocycles. The first kappa shape index (κ1) is 19.3. The topological polar surface area (TPSA) is 89.3 Å². The molecule has 5 nitrogen and oxygen atoms in total. The summed E-state index contributed by atoms with van der Waals surface area (Å²) >= 11 is 0. The van der Waals surface area contributed by atoms with Gasteiger partial charge in [0.15, 0.2) is 0 Å². The maximum absolute atomic E-state index is 13.0. The second-order valence-corrected chi connectivity index (χ2v) is 11.4. The van der Waals surface area contributed by atoms with Crippen LogP contribution in [0.2, 0.25) is 0 Å². The van der Waals surface area contributed by atoms with Gasteiger partial charge in [-0.25, -0.2) is 0 Å². The van der Waals surface area contributed by atoms with Crippen molar-refractivity contribution in [3.63, 3.8) is 0 Å². The molecule has 158 valence electrons. The van der Waals surface area contributed by atoms with E-state index in [-0.39, 0.29) is 52.2 Å². The average molecular weight is 399 g/mol. The molecule has 0 radical (unpaired) electrons. The minimum Gasteiger partial charge on any atom is -0.369 e. The Balaban J connectivity index is 1.67. The third-order valence-corrected chi connectivity index (χ3v) is 10.1. The highest BCUT2D eigenvalue weighted by Crippen LogP contribution is 2.73. The molecule has 8 unspecified atom stereocenters. The van der Waals surface area contributed by atoms with Crippen LogP contribution in [-0.2, 0) is 14.4 Å². The number of nitrogens with two attached hydrogens (primary N) is 1. The van der Waals surface area contributed by atoms with Gasteiger partial charge in [-0.05, 0) is 61.2 Å². The number of rotatable bonds is 2.